The van der Waals surface area contributed by atoms with Crippen LogP contribution in [0.5, 0.6) is 11.5 Å². The highest BCUT2D eigenvalue weighted by Crippen LogP contribution is 2.43. The lowest BCUT2D eigenvalue weighted by molar-refractivity contribution is -0.113. The Bertz CT molecular complexity index is 1590. The predicted molar refractivity (Wildman–Crippen MR) is 146 cm³/mol. The van der Waals surface area contributed by atoms with Crippen LogP contribution in [0.3, 0.4) is 0 Å². The molecule has 0 atom stereocenters. The maximum absolute atomic E-state index is 13.7. The Balaban J connectivity index is 1.38. The summed E-state index contributed by atoms with van der Waals surface area (Å²) < 4.78 is 39.2. The van der Waals surface area contributed by atoms with E-state index in [1.807, 2.05) is 30.3 Å². The minimum Gasteiger partial charge on any atom is -0.497 e. The maximum atomic E-state index is 13.7. The molecule has 0 unspecified atom stereocenters. The Labute approximate surface area is 224 Å². The molecule has 0 saturated heterocycles. The lowest BCUT2D eigenvalue weighted by Crippen LogP contribution is -2.34. The van der Waals surface area contributed by atoms with E-state index in [-0.39, 0.29) is 23.1 Å². The molecule has 0 radical (unpaired) electrons. The average Bonchev–Trinajstić information content (AvgIpc) is 2.94. The number of para-hydroxylation sites is 1. The largest absolute Gasteiger partial charge is 0.497 e. The molecule has 1 aliphatic rings. The van der Waals surface area contributed by atoms with Gasteiger partial charge in [0, 0.05) is 11.3 Å². The number of sulfonamides is 1. The van der Waals surface area contributed by atoms with Crippen LogP contribution in [0.1, 0.15) is 5.56 Å². The summed E-state index contributed by atoms with van der Waals surface area (Å²) in [6, 6.07) is 21.5. The summed E-state index contributed by atoms with van der Waals surface area (Å²) in [5.74, 6) is 1.16. The van der Waals surface area contributed by atoms with Crippen LogP contribution in [0.25, 0.3) is 11.3 Å². The number of nitrogens with one attached hydrogen (secondary N) is 1. The molecule has 1 aliphatic heterocycles. The van der Waals surface area contributed by atoms with Crippen molar-refractivity contribution in [3.63, 3.8) is 0 Å². The van der Waals surface area contributed by atoms with Crippen molar-refractivity contribution in [1.29, 1.82) is 0 Å². The van der Waals surface area contributed by atoms with Gasteiger partial charge in [0.25, 0.3) is 10.0 Å². The molecular formula is C27H24N4O5S2. The van der Waals surface area contributed by atoms with Gasteiger partial charge in [-0.2, -0.15) is 0 Å². The summed E-state index contributed by atoms with van der Waals surface area (Å²) in [6.45, 7) is 0.123. The number of methoxy groups -OCH3 is 2. The quantitative estimate of drug-likeness (QED) is 0.251. The SMILES string of the molecule is COc1ccc(NC(=O)CSc2ncc3c(n2)-c2ccccc2N(Cc2cccc(OC)c2)S3(=O)=O)cc1. The van der Waals surface area contributed by atoms with E-state index < -0.39 is 10.0 Å². The van der Waals surface area contributed by atoms with Gasteiger partial charge < -0.3 is 14.8 Å². The first-order valence-electron chi connectivity index (χ1n) is 11.6. The fourth-order valence-electron chi connectivity index (χ4n) is 4.05. The van der Waals surface area contributed by atoms with E-state index in [4.69, 9.17) is 9.47 Å². The predicted octanol–water partition coefficient (Wildman–Crippen LogP) is 4.60. The molecule has 11 heteroatoms. The molecule has 38 heavy (non-hydrogen) atoms. The van der Waals surface area contributed by atoms with Crippen molar-refractivity contribution >= 4 is 39.1 Å². The smallest absolute Gasteiger partial charge is 0.268 e. The normalized spacial score (nSPS) is 13.3. The molecule has 0 fully saturated rings. The van der Waals surface area contributed by atoms with Crippen LogP contribution in [0.2, 0.25) is 0 Å². The molecule has 5 rings (SSSR count). The number of carbonyl (C=O) groups excluding carboxylic acids is 1. The minimum absolute atomic E-state index is 0.0196. The number of amides is 1. The van der Waals surface area contributed by atoms with E-state index in [0.29, 0.717) is 39.3 Å². The summed E-state index contributed by atoms with van der Waals surface area (Å²) in [6.07, 6.45) is 1.32. The van der Waals surface area contributed by atoms with Gasteiger partial charge in [0.1, 0.15) is 16.4 Å². The Morgan fingerprint density at radius 1 is 0.974 bits per heavy atom. The standard InChI is InChI=1S/C27H24N4O5S2/c1-35-20-12-10-19(11-13-20)29-25(32)17-37-27-28-15-24-26(30-27)22-8-3-4-9-23(22)31(38(24,33)34)16-18-6-5-7-21(14-18)36-2/h3-15H,16-17H2,1-2H3,(H,29,32). The van der Waals surface area contributed by atoms with Crippen molar-refractivity contribution in [3.8, 4) is 22.8 Å². The number of anilines is 2. The summed E-state index contributed by atoms with van der Waals surface area (Å²) in [5, 5.41) is 3.11. The van der Waals surface area contributed by atoms with E-state index in [0.717, 1.165) is 17.3 Å². The lowest BCUT2D eigenvalue weighted by atomic mass is 10.1. The molecule has 1 amide bonds. The molecule has 0 bridgehead atoms. The van der Waals surface area contributed by atoms with Gasteiger partial charge in [-0.05, 0) is 48.0 Å². The van der Waals surface area contributed by atoms with Gasteiger partial charge in [-0.3, -0.25) is 9.10 Å². The number of rotatable bonds is 8. The van der Waals surface area contributed by atoms with E-state index in [9.17, 15) is 13.2 Å². The van der Waals surface area contributed by atoms with E-state index >= 15 is 0 Å². The van der Waals surface area contributed by atoms with Crippen molar-refractivity contribution in [3.05, 3.63) is 84.6 Å². The lowest BCUT2D eigenvalue weighted by Gasteiger charge is -2.31. The minimum atomic E-state index is -3.94. The fourth-order valence-corrected chi connectivity index (χ4v) is 6.23. The summed E-state index contributed by atoms with van der Waals surface area (Å²) in [5.41, 5.74) is 2.93. The van der Waals surface area contributed by atoms with Crippen molar-refractivity contribution in [2.75, 3.05) is 29.6 Å². The summed E-state index contributed by atoms with van der Waals surface area (Å²) in [4.78, 5) is 21.3. The number of ether oxygens (including phenoxy) is 2. The molecule has 0 saturated carbocycles. The van der Waals surface area contributed by atoms with Gasteiger partial charge in [0.05, 0.1) is 44.1 Å². The fraction of sp³-hybridized carbons (Fsp3) is 0.148. The van der Waals surface area contributed by atoms with Crippen molar-refractivity contribution in [2.45, 2.75) is 16.6 Å². The zero-order valence-corrected chi connectivity index (χ0v) is 22.3. The molecule has 2 heterocycles. The number of thioether (sulfide) groups is 1. The number of aromatic nitrogens is 2. The number of benzene rings is 3. The van der Waals surface area contributed by atoms with Gasteiger partial charge in [0.2, 0.25) is 5.91 Å². The van der Waals surface area contributed by atoms with Crippen LogP contribution in [0.4, 0.5) is 11.4 Å². The van der Waals surface area contributed by atoms with Crippen molar-refractivity contribution in [2.24, 2.45) is 0 Å². The zero-order valence-electron chi connectivity index (χ0n) is 20.6. The molecule has 0 aliphatic carbocycles. The van der Waals surface area contributed by atoms with E-state index in [1.54, 1.807) is 56.7 Å². The summed E-state index contributed by atoms with van der Waals surface area (Å²) >= 11 is 1.13. The van der Waals surface area contributed by atoms with Crippen LogP contribution < -0.4 is 19.1 Å². The maximum Gasteiger partial charge on any atom is 0.268 e. The second-order valence-corrected chi connectivity index (χ2v) is 11.1. The molecule has 1 aromatic heterocycles. The highest BCUT2D eigenvalue weighted by atomic mass is 32.2. The Kier molecular flexibility index (Phi) is 7.21. The molecule has 1 N–H and O–H groups in total. The number of hydrogen-bond donors (Lipinski definition) is 1. The van der Waals surface area contributed by atoms with Crippen LogP contribution >= 0.6 is 11.8 Å². The molecule has 9 nitrogen and oxygen atoms in total. The van der Waals surface area contributed by atoms with Crippen LogP contribution in [0.15, 0.2) is 89.0 Å². The first-order chi connectivity index (χ1) is 18.4. The Morgan fingerprint density at radius 3 is 2.50 bits per heavy atom. The van der Waals surface area contributed by atoms with E-state index in [2.05, 4.69) is 15.3 Å². The molecular weight excluding hydrogens is 524 g/mol. The third kappa shape index (κ3) is 5.15. The molecule has 4 aromatic rings. The van der Waals surface area contributed by atoms with E-state index in [1.165, 1.54) is 10.5 Å². The molecule has 194 valence electrons. The summed E-state index contributed by atoms with van der Waals surface area (Å²) in [7, 11) is -0.798. The third-order valence-corrected chi connectivity index (χ3v) is 8.52. The second-order valence-electron chi connectivity index (χ2n) is 8.31. The Morgan fingerprint density at radius 2 is 1.74 bits per heavy atom. The van der Waals surface area contributed by atoms with Gasteiger partial charge in [-0.1, -0.05) is 42.1 Å². The first-order valence-corrected chi connectivity index (χ1v) is 14.0. The monoisotopic (exact) mass is 548 g/mol. The highest BCUT2D eigenvalue weighted by Gasteiger charge is 2.36. The van der Waals surface area contributed by atoms with Crippen molar-refractivity contribution in [1.82, 2.24) is 9.97 Å². The average molecular weight is 549 g/mol. The highest BCUT2D eigenvalue weighted by molar-refractivity contribution is 7.99. The Hall–Kier alpha value is -4.09. The van der Waals surface area contributed by atoms with Gasteiger partial charge in [-0.25, -0.2) is 18.4 Å². The second kappa shape index (κ2) is 10.7. The van der Waals surface area contributed by atoms with Crippen molar-refractivity contribution < 1.29 is 22.7 Å². The van der Waals surface area contributed by atoms with Gasteiger partial charge >= 0.3 is 0 Å². The topological polar surface area (TPSA) is 111 Å². The van der Waals surface area contributed by atoms with Crippen LogP contribution in [-0.4, -0.2) is 44.3 Å². The molecule has 0 spiro atoms. The first kappa shape index (κ1) is 25.6. The number of hydrogen-bond acceptors (Lipinski definition) is 8. The number of fused-ring (bicyclic) bond motifs is 3. The third-order valence-electron chi connectivity index (χ3n) is 5.90. The van der Waals surface area contributed by atoms with Gasteiger partial charge in [0.15, 0.2) is 5.16 Å². The number of carbonyl (C=O) groups is 1. The van der Waals surface area contributed by atoms with Crippen LogP contribution in [-0.2, 0) is 21.4 Å². The molecule has 3 aromatic carbocycles. The zero-order chi connectivity index (χ0) is 26.7. The van der Waals surface area contributed by atoms with Crippen LogP contribution in [0, 0.1) is 0 Å². The number of nitrogens with zero attached hydrogens (tertiary/aromatic N) is 3. The van der Waals surface area contributed by atoms with Gasteiger partial charge in [-0.15, -0.1) is 0 Å².